The minimum atomic E-state index is -1.49. The number of hydrogen-bond donors (Lipinski definition) is 4. The summed E-state index contributed by atoms with van der Waals surface area (Å²) in [6.07, 6.45) is 6.57. The molecule has 3 aromatic rings. The molecule has 3 aliphatic rings. The Balaban J connectivity index is 1.44. The Morgan fingerprint density at radius 1 is 1.31 bits per heavy atom. The van der Waals surface area contributed by atoms with Gasteiger partial charge in [0.15, 0.2) is 0 Å². The predicted molar refractivity (Wildman–Crippen MR) is 139 cm³/mol. The predicted octanol–water partition coefficient (Wildman–Crippen LogP) is 5.59. The van der Waals surface area contributed by atoms with E-state index in [4.69, 9.17) is 11.6 Å². The summed E-state index contributed by atoms with van der Waals surface area (Å²) in [5.41, 5.74) is 9.75. The number of nitriles is 1. The Morgan fingerprint density at radius 3 is 2.72 bits per heavy atom. The second kappa shape index (κ2) is 8.54. The Kier molecular flexibility index (Phi) is 5.15. The summed E-state index contributed by atoms with van der Waals surface area (Å²) in [6.45, 7) is 4.36. The molecule has 36 heavy (non-hydrogen) atoms. The number of hydrogen-bond acceptors (Lipinski definition) is 7. The second-order valence-electron chi connectivity index (χ2n) is 10.3. The van der Waals surface area contributed by atoms with Crippen molar-refractivity contribution in [1.29, 1.82) is 5.26 Å². The van der Waals surface area contributed by atoms with Crippen LogP contribution >= 0.6 is 11.6 Å². The van der Waals surface area contributed by atoms with Crippen LogP contribution in [0.1, 0.15) is 51.6 Å². The molecule has 0 bridgehead atoms. The van der Waals surface area contributed by atoms with E-state index in [1.165, 1.54) is 18.3 Å². The van der Waals surface area contributed by atoms with Crippen molar-refractivity contribution in [2.45, 2.75) is 51.2 Å². The zero-order valence-corrected chi connectivity index (χ0v) is 20.7. The molecule has 0 radical (unpaired) electrons. The van der Waals surface area contributed by atoms with E-state index in [9.17, 15) is 11.0 Å². The van der Waals surface area contributed by atoms with Crippen LogP contribution < -0.4 is 21.6 Å². The normalized spacial score (nSPS) is 22.2. The first kappa shape index (κ1) is 21.7. The van der Waals surface area contributed by atoms with E-state index in [2.05, 4.69) is 46.5 Å². The van der Waals surface area contributed by atoms with Gasteiger partial charge >= 0.3 is 0 Å². The fourth-order valence-electron chi connectivity index (χ4n) is 4.52. The lowest BCUT2D eigenvalue weighted by molar-refractivity contribution is 0.260. The third-order valence-corrected chi connectivity index (χ3v) is 7.37. The van der Waals surface area contributed by atoms with E-state index in [1.54, 1.807) is 18.2 Å². The number of fused-ring (bicyclic) bond motifs is 1. The molecule has 184 valence electrons. The zero-order valence-electron chi connectivity index (χ0n) is 21.0. The average Bonchev–Trinajstić information content (AvgIpc) is 3.75. The van der Waals surface area contributed by atoms with Crippen molar-refractivity contribution in [2.75, 3.05) is 10.6 Å². The first-order valence-electron chi connectivity index (χ1n) is 12.5. The lowest BCUT2D eigenvalue weighted by Crippen LogP contribution is -2.38. The average molecular weight is 505 g/mol. The highest BCUT2D eigenvalue weighted by molar-refractivity contribution is 6.35. The molecular weight excluding hydrogens is 477 g/mol. The van der Waals surface area contributed by atoms with Crippen molar-refractivity contribution >= 4 is 33.9 Å². The van der Waals surface area contributed by atoms with Crippen LogP contribution in [0.2, 0.25) is 5.02 Å². The van der Waals surface area contributed by atoms with Gasteiger partial charge in [-0.05, 0) is 54.5 Å². The molecule has 0 saturated heterocycles. The van der Waals surface area contributed by atoms with Crippen LogP contribution in [0.5, 0.6) is 0 Å². The molecule has 0 amide bonds. The summed E-state index contributed by atoms with van der Waals surface area (Å²) in [6, 6.07) is 10.8. The fourth-order valence-corrected chi connectivity index (χ4v) is 4.79. The van der Waals surface area contributed by atoms with Gasteiger partial charge in [0.25, 0.3) is 0 Å². The Bertz CT molecular complexity index is 1460. The third kappa shape index (κ3) is 4.29. The van der Waals surface area contributed by atoms with Crippen molar-refractivity contribution in [1.82, 2.24) is 21.0 Å². The molecule has 0 spiro atoms. The lowest BCUT2D eigenvalue weighted by atomic mass is 10.0. The van der Waals surface area contributed by atoms with Crippen LogP contribution in [-0.2, 0) is 0 Å². The molecule has 2 aromatic carbocycles. The highest BCUT2D eigenvalue weighted by Crippen LogP contribution is 2.48. The van der Waals surface area contributed by atoms with Crippen molar-refractivity contribution in [3.05, 3.63) is 76.5 Å². The van der Waals surface area contributed by atoms with Gasteiger partial charge in [-0.15, -0.1) is 5.53 Å². The Hall–Kier alpha value is -3.54. The summed E-state index contributed by atoms with van der Waals surface area (Å²) in [5.74, 6) is -0.375. The highest BCUT2D eigenvalue weighted by atomic mass is 35.5. The van der Waals surface area contributed by atoms with Gasteiger partial charge in [0.1, 0.15) is 11.9 Å². The number of nitrogens with zero attached hydrogens (tertiary/aromatic N) is 3. The van der Waals surface area contributed by atoms with Crippen LogP contribution in [0.4, 0.5) is 15.8 Å². The molecular formula is C27H27ClFN7. The molecule has 9 heteroatoms. The first-order chi connectivity index (χ1) is 17.7. The Labute approximate surface area is 215 Å². The fraction of sp³-hybridized carbons (Fsp3) is 0.333. The van der Waals surface area contributed by atoms with E-state index < -0.39 is 6.02 Å². The van der Waals surface area contributed by atoms with Gasteiger partial charge in [-0.2, -0.15) is 5.26 Å². The van der Waals surface area contributed by atoms with Crippen LogP contribution in [-0.4, -0.2) is 22.1 Å². The maximum atomic E-state index is 13.8. The van der Waals surface area contributed by atoms with Crippen LogP contribution in [0.3, 0.4) is 0 Å². The number of anilines is 2. The van der Waals surface area contributed by atoms with E-state index in [1.807, 2.05) is 17.3 Å². The highest BCUT2D eigenvalue weighted by Gasteiger charge is 2.46. The summed E-state index contributed by atoms with van der Waals surface area (Å²) in [5, 5.41) is 19.7. The van der Waals surface area contributed by atoms with Gasteiger partial charge in [0.2, 0.25) is 0 Å². The summed E-state index contributed by atoms with van der Waals surface area (Å²) in [4.78, 5) is 4.44. The van der Waals surface area contributed by atoms with Crippen LogP contribution in [0, 0.1) is 22.6 Å². The van der Waals surface area contributed by atoms with E-state index in [0.29, 0.717) is 50.2 Å². The third-order valence-electron chi connectivity index (χ3n) is 7.08. The summed E-state index contributed by atoms with van der Waals surface area (Å²) in [7, 11) is 0. The molecule has 2 saturated carbocycles. The molecule has 2 fully saturated rings. The quantitative estimate of drug-likeness (QED) is 0.333. The van der Waals surface area contributed by atoms with Gasteiger partial charge in [-0.1, -0.05) is 37.6 Å². The molecule has 7 nitrogen and oxygen atoms in total. The SMILES string of the molecule is [2H][C@](Nc1cc(Cl)c2ncc(C#N)c(NC3CC3(C)C)c2c1)(C1=CN(C2CC2)NN1)c1ccc(F)cc1. The number of benzene rings is 2. The number of rotatable bonds is 7. The van der Waals surface area contributed by atoms with Gasteiger partial charge in [-0.25, -0.2) is 4.39 Å². The van der Waals surface area contributed by atoms with E-state index in [-0.39, 0.29) is 17.3 Å². The Morgan fingerprint density at radius 2 is 2.06 bits per heavy atom. The van der Waals surface area contributed by atoms with Gasteiger partial charge in [0.05, 0.1) is 34.9 Å². The standard InChI is InChI=1S/C27H27ClFN7/c1-27(2)11-23(27)33-24-16(12-30)13-31-26-20(24)9-18(10-21(26)28)32-25(15-3-5-17(29)6-4-15)22-14-36(35-34-22)19-7-8-19/h3-6,9-10,13-14,19,23,25,32,34-35H,7-8,11H2,1-2H3,(H,31,33)/t23?,25-/m1/s1/i25D. The molecule has 6 rings (SSSR count). The molecule has 4 N–H and O–H groups in total. The molecule has 1 aliphatic heterocycles. The zero-order chi connectivity index (χ0) is 25.9. The van der Waals surface area contributed by atoms with Crippen molar-refractivity contribution in [3.8, 4) is 6.07 Å². The number of pyridine rings is 1. The van der Waals surface area contributed by atoms with Gasteiger partial charge < -0.3 is 16.1 Å². The monoisotopic (exact) mass is 504 g/mol. The minimum absolute atomic E-state index is 0.141. The van der Waals surface area contributed by atoms with Gasteiger partial charge in [-0.3, -0.25) is 9.99 Å². The topological polar surface area (TPSA) is 88.0 Å². The number of halogens is 2. The number of aromatic nitrogens is 1. The molecule has 1 aromatic heterocycles. The van der Waals surface area contributed by atoms with Crippen molar-refractivity contribution in [2.24, 2.45) is 5.41 Å². The minimum Gasteiger partial charge on any atom is -0.380 e. The maximum Gasteiger partial charge on any atom is 0.123 e. The summed E-state index contributed by atoms with van der Waals surface area (Å²) < 4.78 is 23.3. The van der Waals surface area contributed by atoms with Crippen LogP contribution in [0.15, 0.2) is 54.5 Å². The molecule has 2 atom stereocenters. The largest absolute Gasteiger partial charge is 0.380 e. The second-order valence-corrected chi connectivity index (χ2v) is 10.7. The molecule has 2 heterocycles. The van der Waals surface area contributed by atoms with Crippen molar-refractivity contribution < 1.29 is 5.76 Å². The lowest BCUT2D eigenvalue weighted by Gasteiger charge is -2.22. The summed E-state index contributed by atoms with van der Waals surface area (Å²) >= 11 is 6.69. The van der Waals surface area contributed by atoms with Crippen molar-refractivity contribution in [3.63, 3.8) is 0 Å². The first-order valence-corrected chi connectivity index (χ1v) is 12.4. The maximum absolute atomic E-state index is 13.8. The molecule has 1 unspecified atom stereocenters. The van der Waals surface area contributed by atoms with E-state index >= 15 is 0 Å². The smallest absolute Gasteiger partial charge is 0.123 e. The number of hydrazine groups is 2. The molecule has 2 aliphatic carbocycles. The van der Waals surface area contributed by atoms with Crippen LogP contribution in [0.25, 0.3) is 10.9 Å². The van der Waals surface area contributed by atoms with Gasteiger partial charge in [0, 0.05) is 35.6 Å². The van der Waals surface area contributed by atoms with E-state index in [0.717, 1.165) is 19.3 Å². The number of nitrogens with one attached hydrogen (secondary N) is 4.